The Balaban J connectivity index is 2.37. The third kappa shape index (κ3) is 2.53. The van der Waals surface area contributed by atoms with Gasteiger partial charge in [-0.05, 0) is 19.9 Å². The fourth-order valence-corrected chi connectivity index (χ4v) is 1.59. The Morgan fingerprint density at radius 1 is 1.35 bits per heavy atom. The zero-order valence-corrected chi connectivity index (χ0v) is 10.1. The highest BCUT2D eigenvalue weighted by Gasteiger charge is 2.07. The lowest BCUT2D eigenvalue weighted by molar-refractivity contribution is 0.822. The molecule has 0 amide bonds. The number of imidazole rings is 1. The average Bonchev–Trinajstić information content (AvgIpc) is 2.75. The smallest absolute Gasteiger partial charge is 0.0953 e. The van der Waals surface area contributed by atoms with Gasteiger partial charge >= 0.3 is 0 Å². The molecule has 0 saturated heterocycles. The second-order valence-corrected chi connectivity index (χ2v) is 4.18. The van der Waals surface area contributed by atoms with E-state index in [-0.39, 0.29) is 0 Å². The Labute approximate surface area is 101 Å². The summed E-state index contributed by atoms with van der Waals surface area (Å²) in [5, 5.41) is 0. The molecule has 0 unspecified atom stereocenters. The first kappa shape index (κ1) is 11.4. The van der Waals surface area contributed by atoms with Crippen molar-refractivity contribution in [3.8, 4) is 11.3 Å². The van der Waals surface area contributed by atoms with Gasteiger partial charge in [-0.25, -0.2) is 4.98 Å². The molecule has 2 heterocycles. The van der Waals surface area contributed by atoms with Crippen molar-refractivity contribution in [2.24, 2.45) is 0 Å². The number of rotatable bonds is 3. The van der Waals surface area contributed by atoms with Crippen molar-refractivity contribution in [3.05, 3.63) is 42.6 Å². The van der Waals surface area contributed by atoms with Crippen molar-refractivity contribution in [1.29, 1.82) is 0 Å². The molecule has 0 spiro atoms. The Bertz CT molecular complexity index is 536. The highest BCUT2D eigenvalue weighted by Crippen LogP contribution is 2.24. The van der Waals surface area contributed by atoms with E-state index in [1.807, 2.05) is 6.20 Å². The molecule has 0 saturated carbocycles. The number of nitrogen functional groups attached to an aromatic ring is 1. The van der Waals surface area contributed by atoms with Gasteiger partial charge in [-0.1, -0.05) is 11.6 Å². The van der Waals surface area contributed by atoms with Crippen LogP contribution in [0, 0.1) is 0 Å². The summed E-state index contributed by atoms with van der Waals surface area (Å²) in [5.41, 5.74) is 9.86. The molecule has 2 rings (SSSR count). The molecule has 0 aliphatic carbocycles. The van der Waals surface area contributed by atoms with Gasteiger partial charge in [0.2, 0.25) is 0 Å². The Hall–Kier alpha value is -2.10. The van der Waals surface area contributed by atoms with Gasteiger partial charge in [0.05, 0.1) is 18.2 Å². The van der Waals surface area contributed by atoms with Gasteiger partial charge in [-0.15, -0.1) is 0 Å². The summed E-state index contributed by atoms with van der Waals surface area (Å²) in [6, 6.07) is 1.80. The van der Waals surface area contributed by atoms with Gasteiger partial charge < -0.3 is 10.3 Å². The normalized spacial score (nSPS) is 10.2. The molecule has 0 bridgehead atoms. The van der Waals surface area contributed by atoms with E-state index < -0.39 is 0 Å². The Morgan fingerprint density at radius 3 is 2.88 bits per heavy atom. The summed E-state index contributed by atoms with van der Waals surface area (Å²) >= 11 is 0. The topological polar surface area (TPSA) is 56.7 Å². The second-order valence-electron chi connectivity index (χ2n) is 4.18. The lowest BCUT2D eigenvalue weighted by atomic mass is 10.2. The molecule has 0 aliphatic heterocycles. The van der Waals surface area contributed by atoms with Crippen LogP contribution in [0.5, 0.6) is 0 Å². The average molecular weight is 228 g/mol. The van der Waals surface area contributed by atoms with Crippen LogP contribution in [-0.2, 0) is 6.54 Å². The second kappa shape index (κ2) is 4.82. The predicted molar refractivity (Wildman–Crippen MR) is 69.3 cm³/mol. The van der Waals surface area contributed by atoms with E-state index in [9.17, 15) is 0 Å². The number of nitrogens with two attached hydrogens (primary N) is 1. The highest BCUT2D eigenvalue weighted by molar-refractivity contribution is 5.72. The molecule has 2 aromatic rings. The molecule has 4 heteroatoms. The summed E-state index contributed by atoms with van der Waals surface area (Å²) in [4.78, 5) is 8.27. The Kier molecular flexibility index (Phi) is 3.23. The molecule has 0 atom stereocenters. The fourth-order valence-electron chi connectivity index (χ4n) is 1.59. The molecule has 88 valence electrons. The van der Waals surface area contributed by atoms with E-state index in [0.29, 0.717) is 0 Å². The number of hydrogen-bond donors (Lipinski definition) is 1. The number of pyridine rings is 1. The van der Waals surface area contributed by atoms with Gasteiger partial charge in [-0.3, -0.25) is 4.98 Å². The summed E-state index contributed by atoms with van der Waals surface area (Å²) in [5.74, 6) is 0. The van der Waals surface area contributed by atoms with Crippen molar-refractivity contribution < 1.29 is 0 Å². The number of nitrogens with zero attached hydrogens (tertiary/aromatic N) is 3. The quantitative estimate of drug-likeness (QED) is 0.821. The van der Waals surface area contributed by atoms with Crippen LogP contribution in [0.25, 0.3) is 11.3 Å². The third-order valence-electron chi connectivity index (χ3n) is 2.54. The molecule has 0 fully saturated rings. The lowest BCUT2D eigenvalue weighted by Gasteiger charge is -2.07. The van der Waals surface area contributed by atoms with E-state index in [2.05, 4.69) is 34.5 Å². The van der Waals surface area contributed by atoms with Crippen LogP contribution >= 0.6 is 0 Å². The van der Waals surface area contributed by atoms with Crippen molar-refractivity contribution in [1.82, 2.24) is 14.5 Å². The van der Waals surface area contributed by atoms with Crippen molar-refractivity contribution >= 4 is 5.69 Å². The van der Waals surface area contributed by atoms with Crippen LogP contribution in [0.4, 0.5) is 5.69 Å². The number of hydrogen-bond acceptors (Lipinski definition) is 3. The summed E-state index contributed by atoms with van der Waals surface area (Å²) in [6.45, 7) is 4.95. The minimum Gasteiger partial charge on any atom is -0.398 e. The molecule has 2 aromatic heterocycles. The monoisotopic (exact) mass is 228 g/mol. The maximum atomic E-state index is 5.94. The van der Waals surface area contributed by atoms with E-state index in [4.69, 9.17) is 5.73 Å². The number of anilines is 1. The van der Waals surface area contributed by atoms with Crippen molar-refractivity contribution in [2.45, 2.75) is 20.4 Å². The minimum absolute atomic E-state index is 0.721. The van der Waals surface area contributed by atoms with E-state index in [0.717, 1.165) is 23.5 Å². The van der Waals surface area contributed by atoms with Crippen LogP contribution in [0.15, 0.2) is 42.6 Å². The van der Waals surface area contributed by atoms with Gasteiger partial charge in [0.1, 0.15) is 0 Å². The van der Waals surface area contributed by atoms with E-state index in [1.165, 1.54) is 5.57 Å². The zero-order chi connectivity index (χ0) is 12.3. The first-order valence-electron chi connectivity index (χ1n) is 5.52. The van der Waals surface area contributed by atoms with Gasteiger partial charge in [0.15, 0.2) is 0 Å². The van der Waals surface area contributed by atoms with Crippen molar-refractivity contribution in [2.75, 3.05) is 5.73 Å². The maximum Gasteiger partial charge on any atom is 0.0953 e. The molecule has 0 aliphatic rings. The lowest BCUT2D eigenvalue weighted by Crippen LogP contribution is -1.99. The fraction of sp³-hybridized carbons (Fsp3) is 0.231. The zero-order valence-electron chi connectivity index (χ0n) is 10.1. The summed E-state index contributed by atoms with van der Waals surface area (Å²) < 4.78 is 2.06. The standard InChI is InChI=1S/C13H16N4/c1-10(2)4-6-17-9-16-8-13(17)11-7-15-5-3-12(11)14/h3-5,7-9H,6H2,1-2H3,(H2,14,15). The van der Waals surface area contributed by atoms with Crippen LogP contribution in [0.3, 0.4) is 0 Å². The first-order valence-corrected chi connectivity index (χ1v) is 5.52. The third-order valence-corrected chi connectivity index (χ3v) is 2.54. The Morgan fingerprint density at radius 2 is 2.18 bits per heavy atom. The largest absolute Gasteiger partial charge is 0.398 e. The summed E-state index contributed by atoms with van der Waals surface area (Å²) in [7, 11) is 0. The summed E-state index contributed by atoms with van der Waals surface area (Å²) in [6.07, 6.45) is 9.23. The molecule has 0 radical (unpaired) electrons. The molecule has 0 aromatic carbocycles. The first-order chi connectivity index (χ1) is 8.18. The van der Waals surface area contributed by atoms with E-state index in [1.54, 1.807) is 24.8 Å². The molecular weight excluding hydrogens is 212 g/mol. The van der Waals surface area contributed by atoms with Gasteiger partial charge in [0.25, 0.3) is 0 Å². The minimum atomic E-state index is 0.721. The number of aromatic nitrogens is 3. The molecule has 17 heavy (non-hydrogen) atoms. The van der Waals surface area contributed by atoms with Gasteiger partial charge in [0, 0.05) is 30.2 Å². The van der Waals surface area contributed by atoms with Crippen LogP contribution in [0.2, 0.25) is 0 Å². The van der Waals surface area contributed by atoms with Crippen molar-refractivity contribution in [3.63, 3.8) is 0 Å². The van der Waals surface area contributed by atoms with Crippen LogP contribution in [-0.4, -0.2) is 14.5 Å². The van der Waals surface area contributed by atoms with Crippen LogP contribution in [0.1, 0.15) is 13.8 Å². The highest BCUT2D eigenvalue weighted by atomic mass is 15.0. The predicted octanol–water partition coefficient (Wildman–Crippen LogP) is 2.49. The molecule has 2 N–H and O–H groups in total. The van der Waals surface area contributed by atoms with E-state index >= 15 is 0 Å². The van der Waals surface area contributed by atoms with Crippen LogP contribution < -0.4 is 5.73 Å². The number of allylic oxidation sites excluding steroid dienone is 2. The molecular formula is C13H16N4. The maximum absolute atomic E-state index is 5.94. The van der Waals surface area contributed by atoms with Gasteiger partial charge in [-0.2, -0.15) is 0 Å². The molecule has 4 nitrogen and oxygen atoms in total. The SMILES string of the molecule is CC(C)=CCn1cncc1-c1cnccc1N.